The van der Waals surface area contributed by atoms with Gasteiger partial charge in [-0.05, 0) is 50.5 Å². The molecule has 3 heterocycles. The number of hydroxylamine groups is 2. The highest BCUT2D eigenvalue weighted by Gasteiger charge is 2.22. The fraction of sp³-hybridized carbons (Fsp3) is 0.360. The number of anilines is 1. The topological polar surface area (TPSA) is 105 Å². The average molecular weight is 465 g/mol. The number of rotatable bonds is 5. The Balaban J connectivity index is 1.46. The van der Waals surface area contributed by atoms with Crippen LogP contribution < -0.4 is 10.5 Å². The van der Waals surface area contributed by atoms with Crippen molar-refractivity contribution in [1.82, 2.24) is 15.0 Å². The molecule has 0 radical (unpaired) electrons. The van der Waals surface area contributed by atoms with Gasteiger partial charge in [-0.1, -0.05) is 24.0 Å². The lowest BCUT2D eigenvalue weighted by atomic mass is 9.99. The molecule has 7 nitrogen and oxygen atoms in total. The van der Waals surface area contributed by atoms with E-state index >= 15 is 0 Å². The molecule has 0 unspecified atom stereocenters. The minimum Gasteiger partial charge on any atom is -0.485 e. The van der Waals surface area contributed by atoms with Crippen molar-refractivity contribution in [1.29, 1.82) is 0 Å². The summed E-state index contributed by atoms with van der Waals surface area (Å²) in [6.45, 7) is 4.97. The third-order valence-corrected chi connectivity index (χ3v) is 6.55. The highest BCUT2D eigenvalue weighted by molar-refractivity contribution is 7.15. The van der Waals surface area contributed by atoms with Crippen molar-refractivity contribution >= 4 is 17.2 Å². The van der Waals surface area contributed by atoms with Crippen LogP contribution in [0.15, 0.2) is 42.7 Å². The Morgan fingerprint density at radius 3 is 2.76 bits per heavy atom. The summed E-state index contributed by atoms with van der Waals surface area (Å²) in [6.07, 6.45) is 5.41. The highest BCUT2D eigenvalue weighted by atomic mass is 32.1. The molecule has 1 aliphatic rings. The van der Waals surface area contributed by atoms with E-state index in [0.717, 1.165) is 39.4 Å². The SMILES string of the molecule is CC(C)(O)C#Cc1cccc(COc2cc(-c3cnc(C4CCN(O)CC4)s3)cnc2N)c1. The Morgan fingerprint density at radius 1 is 1.21 bits per heavy atom. The molecule has 0 spiro atoms. The average Bonchev–Trinajstić information content (AvgIpc) is 3.28. The number of nitrogen functional groups attached to an aromatic ring is 1. The quantitative estimate of drug-likeness (QED) is 0.489. The molecule has 1 saturated heterocycles. The summed E-state index contributed by atoms with van der Waals surface area (Å²) in [6, 6.07) is 9.58. The predicted octanol–water partition coefficient (Wildman–Crippen LogP) is 4.06. The van der Waals surface area contributed by atoms with Crippen LogP contribution in [0.25, 0.3) is 10.4 Å². The third-order valence-electron chi connectivity index (χ3n) is 5.34. The van der Waals surface area contributed by atoms with E-state index in [2.05, 4.69) is 21.8 Å². The summed E-state index contributed by atoms with van der Waals surface area (Å²) in [5, 5.41) is 21.8. The van der Waals surface area contributed by atoms with Crippen molar-refractivity contribution < 1.29 is 15.1 Å². The summed E-state index contributed by atoms with van der Waals surface area (Å²) in [4.78, 5) is 9.95. The van der Waals surface area contributed by atoms with E-state index in [4.69, 9.17) is 10.5 Å². The van der Waals surface area contributed by atoms with Gasteiger partial charge in [0.2, 0.25) is 0 Å². The molecule has 172 valence electrons. The zero-order chi connectivity index (χ0) is 23.4. The van der Waals surface area contributed by atoms with Crippen molar-refractivity contribution in [3.63, 3.8) is 0 Å². The fourth-order valence-electron chi connectivity index (χ4n) is 3.55. The number of aromatic nitrogens is 2. The fourth-order valence-corrected chi connectivity index (χ4v) is 4.62. The van der Waals surface area contributed by atoms with Gasteiger partial charge in [-0.2, -0.15) is 5.06 Å². The lowest BCUT2D eigenvalue weighted by Gasteiger charge is -2.25. The van der Waals surface area contributed by atoms with Crippen molar-refractivity contribution in [2.45, 2.75) is 44.8 Å². The van der Waals surface area contributed by atoms with Gasteiger partial charge < -0.3 is 20.8 Å². The van der Waals surface area contributed by atoms with Crippen molar-refractivity contribution in [2.24, 2.45) is 0 Å². The third kappa shape index (κ3) is 6.30. The molecule has 3 aromatic rings. The van der Waals surface area contributed by atoms with E-state index in [1.165, 1.54) is 5.06 Å². The van der Waals surface area contributed by atoms with Gasteiger partial charge in [0.1, 0.15) is 12.2 Å². The van der Waals surface area contributed by atoms with E-state index in [1.54, 1.807) is 31.4 Å². The standard InChI is InChI=1S/C25H28N4O3S/c1-25(2,30)9-6-17-4-3-5-18(12-17)16-32-21-13-20(14-27-23(21)26)22-15-28-24(33-22)19-7-10-29(31)11-8-19/h3-5,12-15,19,30-31H,7-8,10-11,16H2,1-2H3,(H2,26,27). The Bertz CT molecular complexity index is 1170. The number of hydrogen-bond donors (Lipinski definition) is 3. The highest BCUT2D eigenvalue weighted by Crippen LogP contribution is 2.36. The number of piperidine rings is 1. The zero-order valence-corrected chi connectivity index (χ0v) is 19.6. The molecule has 0 aliphatic carbocycles. The predicted molar refractivity (Wildman–Crippen MR) is 129 cm³/mol. The minimum atomic E-state index is -1.04. The second-order valence-electron chi connectivity index (χ2n) is 8.70. The van der Waals surface area contributed by atoms with Gasteiger partial charge in [-0.15, -0.1) is 11.3 Å². The van der Waals surface area contributed by atoms with Crippen LogP contribution >= 0.6 is 11.3 Å². The number of aliphatic hydroxyl groups is 1. The molecule has 0 saturated carbocycles. The van der Waals surface area contributed by atoms with Crippen LogP contribution in [0.5, 0.6) is 5.75 Å². The molecule has 0 atom stereocenters. The molecule has 1 aliphatic heterocycles. The first-order chi connectivity index (χ1) is 15.8. The molecular formula is C25H28N4O3S. The lowest BCUT2D eigenvalue weighted by molar-refractivity contribution is -0.106. The van der Waals surface area contributed by atoms with Gasteiger partial charge in [0.25, 0.3) is 0 Å². The maximum Gasteiger partial charge on any atom is 0.166 e. The van der Waals surface area contributed by atoms with Crippen molar-refractivity contribution in [3.05, 3.63) is 58.9 Å². The largest absolute Gasteiger partial charge is 0.485 e. The molecule has 4 rings (SSSR count). The Morgan fingerprint density at radius 2 is 2.00 bits per heavy atom. The maximum absolute atomic E-state index is 9.80. The summed E-state index contributed by atoms with van der Waals surface area (Å²) in [7, 11) is 0. The van der Waals surface area contributed by atoms with Gasteiger partial charge >= 0.3 is 0 Å². The van der Waals surface area contributed by atoms with E-state index in [-0.39, 0.29) is 0 Å². The second kappa shape index (κ2) is 9.89. The van der Waals surface area contributed by atoms with E-state index < -0.39 is 5.60 Å². The molecule has 1 fully saturated rings. The number of benzene rings is 1. The molecule has 0 bridgehead atoms. The number of ether oxygens (including phenoxy) is 1. The lowest BCUT2D eigenvalue weighted by Crippen LogP contribution is -2.29. The monoisotopic (exact) mass is 464 g/mol. The summed E-state index contributed by atoms with van der Waals surface area (Å²) in [5.41, 5.74) is 7.68. The number of nitrogens with two attached hydrogens (primary N) is 1. The first-order valence-corrected chi connectivity index (χ1v) is 11.7. The summed E-state index contributed by atoms with van der Waals surface area (Å²) in [5.74, 6) is 7.02. The normalized spacial score (nSPS) is 15.2. The second-order valence-corrected chi connectivity index (χ2v) is 9.76. The van der Waals surface area contributed by atoms with Crippen LogP contribution in [0.3, 0.4) is 0 Å². The Kier molecular flexibility index (Phi) is 6.96. The van der Waals surface area contributed by atoms with Crippen molar-refractivity contribution in [2.75, 3.05) is 18.8 Å². The van der Waals surface area contributed by atoms with Gasteiger partial charge in [0, 0.05) is 42.5 Å². The molecule has 33 heavy (non-hydrogen) atoms. The zero-order valence-electron chi connectivity index (χ0n) is 18.8. The molecule has 8 heteroatoms. The van der Waals surface area contributed by atoms with Crippen molar-refractivity contribution in [3.8, 4) is 28.0 Å². The van der Waals surface area contributed by atoms with Gasteiger partial charge in [0.05, 0.1) is 9.88 Å². The minimum absolute atomic E-state index is 0.320. The smallest absolute Gasteiger partial charge is 0.166 e. The number of hydrogen-bond acceptors (Lipinski definition) is 8. The van der Waals surface area contributed by atoms with E-state index in [9.17, 15) is 10.3 Å². The summed E-state index contributed by atoms with van der Waals surface area (Å²) >= 11 is 1.65. The molecular weight excluding hydrogens is 436 g/mol. The van der Waals surface area contributed by atoms with Crippen LogP contribution in [0.2, 0.25) is 0 Å². The maximum atomic E-state index is 9.80. The number of pyridine rings is 1. The Labute approximate surface area is 197 Å². The van der Waals surface area contributed by atoms with Crippen LogP contribution in [0.1, 0.15) is 48.7 Å². The first-order valence-electron chi connectivity index (χ1n) is 10.9. The number of thiazole rings is 1. The molecule has 4 N–H and O–H groups in total. The molecule has 1 aromatic carbocycles. The summed E-state index contributed by atoms with van der Waals surface area (Å²) < 4.78 is 5.99. The number of nitrogens with zero attached hydrogens (tertiary/aromatic N) is 3. The van der Waals surface area contributed by atoms with E-state index in [1.807, 2.05) is 36.5 Å². The van der Waals surface area contributed by atoms with Crippen LogP contribution in [0, 0.1) is 11.8 Å². The van der Waals surface area contributed by atoms with Crippen LogP contribution in [-0.2, 0) is 6.61 Å². The molecule has 0 amide bonds. The van der Waals surface area contributed by atoms with Crippen LogP contribution in [-0.4, -0.2) is 44.0 Å². The molecule has 2 aromatic heterocycles. The van der Waals surface area contributed by atoms with Gasteiger partial charge in [-0.3, -0.25) is 0 Å². The first kappa shape index (κ1) is 23.2. The van der Waals surface area contributed by atoms with Crippen LogP contribution in [0.4, 0.5) is 5.82 Å². The Hall–Kier alpha value is -2.96. The van der Waals surface area contributed by atoms with E-state index in [0.29, 0.717) is 37.2 Å². The van der Waals surface area contributed by atoms with Gasteiger partial charge in [0.15, 0.2) is 11.6 Å². The van der Waals surface area contributed by atoms with Gasteiger partial charge in [-0.25, -0.2) is 9.97 Å².